The van der Waals surface area contributed by atoms with Crippen LogP contribution in [0.15, 0.2) is 24.3 Å². The molecule has 0 saturated heterocycles. The molecule has 1 aromatic carbocycles. The molecule has 0 fully saturated rings. The lowest BCUT2D eigenvalue weighted by Gasteiger charge is -2.01. The van der Waals surface area contributed by atoms with Crippen molar-refractivity contribution in [3.63, 3.8) is 0 Å². The number of halogens is 1. The molecule has 5 heteroatoms. The molecule has 0 radical (unpaired) electrons. The Morgan fingerprint density at radius 1 is 1.29 bits per heavy atom. The highest BCUT2D eigenvalue weighted by atomic mass is 35.5. The van der Waals surface area contributed by atoms with Crippen LogP contribution in [0.3, 0.4) is 0 Å². The summed E-state index contributed by atoms with van der Waals surface area (Å²) in [6.07, 6.45) is 0. The van der Waals surface area contributed by atoms with Gasteiger partial charge in [-0.25, -0.2) is 0 Å². The molecule has 0 saturated carbocycles. The van der Waals surface area contributed by atoms with Crippen LogP contribution >= 0.6 is 12.4 Å². The summed E-state index contributed by atoms with van der Waals surface area (Å²) in [5, 5.41) is 20.0. The van der Waals surface area contributed by atoms with Crippen molar-refractivity contribution >= 4 is 18.4 Å². The molecule has 1 aromatic rings. The van der Waals surface area contributed by atoms with Crippen LogP contribution in [0.4, 0.5) is 0 Å². The Balaban J connectivity index is 0.00000169. The van der Waals surface area contributed by atoms with Crippen molar-refractivity contribution < 1.29 is 15.0 Å². The van der Waals surface area contributed by atoms with Crippen molar-refractivity contribution in [2.75, 3.05) is 6.54 Å². The van der Waals surface area contributed by atoms with E-state index < -0.39 is 5.97 Å². The lowest BCUT2D eigenvalue weighted by atomic mass is 10.2. The molecule has 0 aromatic heterocycles. The second-order valence-corrected chi connectivity index (χ2v) is 2.66. The number of hydrogen-bond acceptors (Lipinski definition) is 3. The van der Waals surface area contributed by atoms with Crippen LogP contribution < -0.4 is 5.32 Å². The Labute approximate surface area is 88.0 Å². The van der Waals surface area contributed by atoms with Crippen LogP contribution in [0.1, 0.15) is 5.56 Å². The molecule has 3 N–H and O–H groups in total. The van der Waals surface area contributed by atoms with Gasteiger partial charge < -0.3 is 15.5 Å². The molecule has 0 aliphatic heterocycles. The SMILES string of the molecule is Cl.O=C(O)CNCc1ccc(O)cc1. The normalized spacial score (nSPS) is 9.14. The van der Waals surface area contributed by atoms with Crippen molar-refractivity contribution in [1.29, 1.82) is 0 Å². The number of rotatable bonds is 4. The molecule has 78 valence electrons. The molecule has 0 aliphatic carbocycles. The van der Waals surface area contributed by atoms with E-state index in [0.717, 1.165) is 5.56 Å². The van der Waals surface area contributed by atoms with E-state index in [2.05, 4.69) is 5.32 Å². The third-order valence-corrected chi connectivity index (χ3v) is 1.54. The third kappa shape index (κ3) is 4.69. The molecule has 14 heavy (non-hydrogen) atoms. The highest BCUT2D eigenvalue weighted by molar-refractivity contribution is 5.85. The second kappa shape index (κ2) is 6.23. The van der Waals surface area contributed by atoms with Gasteiger partial charge in [-0.3, -0.25) is 4.79 Å². The van der Waals surface area contributed by atoms with Crippen LogP contribution in [-0.2, 0) is 11.3 Å². The predicted molar refractivity (Wildman–Crippen MR) is 54.7 cm³/mol. The van der Waals surface area contributed by atoms with Gasteiger partial charge in [0.15, 0.2) is 0 Å². The summed E-state index contributed by atoms with van der Waals surface area (Å²) in [5.41, 5.74) is 0.944. The van der Waals surface area contributed by atoms with Gasteiger partial charge in [-0.2, -0.15) is 0 Å². The summed E-state index contributed by atoms with van der Waals surface area (Å²) in [5.74, 6) is -0.666. The van der Waals surface area contributed by atoms with Gasteiger partial charge in [0.2, 0.25) is 0 Å². The van der Waals surface area contributed by atoms with Gasteiger partial charge >= 0.3 is 5.97 Å². The quantitative estimate of drug-likeness (QED) is 0.704. The molecule has 1 rings (SSSR count). The zero-order valence-corrected chi connectivity index (χ0v) is 8.25. The number of aromatic hydroxyl groups is 1. The number of phenols is 1. The molecule has 0 heterocycles. The van der Waals surface area contributed by atoms with Crippen LogP contribution in [0.2, 0.25) is 0 Å². The molecule has 0 spiro atoms. The number of hydrogen-bond donors (Lipinski definition) is 3. The van der Waals surface area contributed by atoms with E-state index in [-0.39, 0.29) is 24.7 Å². The zero-order valence-electron chi connectivity index (χ0n) is 7.43. The average molecular weight is 218 g/mol. The van der Waals surface area contributed by atoms with Gasteiger partial charge in [-0.15, -0.1) is 12.4 Å². The fourth-order valence-corrected chi connectivity index (χ4v) is 0.928. The fraction of sp³-hybridized carbons (Fsp3) is 0.222. The van der Waals surface area contributed by atoms with Gasteiger partial charge in [0.1, 0.15) is 5.75 Å². The lowest BCUT2D eigenvalue weighted by molar-refractivity contribution is -0.135. The lowest BCUT2D eigenvalue weighted by Crippen LogP contribution is -2.21. The van der Waals surface area contributed by atoms with E-state index in [1.54, 1.807) is 24.3 Å². The number of benzene rings is 1. The maximum Gasteiger partial charge on any atom is 0.317 e. The highest BCUT2D eigenvalue weighted by Gasteiger charge is 1.96. The molecular weight excluding hydrogens is 206 g/mol. The smallest absolute Gasteiger partial charge is 0.317 e. The summed E-state index contributed by atoms with van der Waals surface area (Å²) in [7, 11) is 0. The fourth-order valence-electron chi connectivity index (χ4n) is 0.928. The van der Waals surface area contributed by atoms with Gasteiger partial charge in [-0.05, 0) is 17.7 Å². The minimum absolute atomic E-state index is 0. The van der Waals surface area contributed by atoms with Crippen molar-refractivity contribution in [2.45, 2.75) is 6.54 Å². The highest BCUT2D eigenvalue weighted by Crippen LogP contribution is 2.08. The Kier molecular flexibility index (Phi) is 5.67. The van der Waals surface area contributed by atoms with E-state index in [9.17, 15) is 4.79 Å². The van der Waals surface area contributed by atoms with Crippen LogP contribution in [0, 0.1) is 0 Å². The Morgan fingerprint density at radius 3 is 2.36 bits per heavy atom. The maximum absolute atomic E-state index is 10.1. The first-order valence-electron chi connectivity index (χ1n) is 3.89. The van der Waals surface area contributed by atoms with Crippen LogP contribution in [-0.4, -0.2) is 22.7 Å². The van der Waals surface area contributed by atoms with Crippen LogP contribution in [0.25, 0.3) is 0 Å². The van der Waals surface area contributed by atoms with Gasteiger partial charge in [0.05, 0.1) is 6.54 Å². The number of aliphatic carboxylic acids is 1. The Bertz CT molecular complexity index is 287. The monoisotopic (exact) mass is 217 g/mol. The number of carbonyl (C=O) groups is 1. The van der Waals surface area contributed by atoms with E-state index in [1.165, 1.54) is 0 Å². The molecule has 0 bridgehead atoms. The van der Waals surface area contributed by atoms with Crippen molar-refractivity contribution in [3.05, 3.63) is 29.8 Å². The van der Waals surface area contributed by atoms with Crippen molar-refractivity contribution in [2.24, 2.45) is 0 Å². The standard InChI is InChI=1S/C9H11NO3.ClH/c11-8-3-1-7(2-4-8)5-10-6-9(12)13;/h1-4,10-11H,5-6H2,(H,12,13);1H. The third-order valence-electron chi connectivity index (χ3n) is 1.54. The van der Waals surface area contributed by atoms with Gasteiger partial charge in [-0.1, -0.05) is 12.1 Å². The molecule has 4 nitrogen and oxygen atoms in total. The zero-order chi connectivity index (χ0) is 9.68. The molecule has 0 amide bonds. The summed E-state index contributed by atoms with van der Waals surface area (Å²) in [6, 6.07) is 6.62. The first-order valence-corrected chi connectivity index (χ1v) is 3.89. The predicted octanol–water partition coefficient (Wildman–Crippen LogP) is 0.988. The first kappa shape index (κ1) is 12.7. The average Bonchev–Trinajstić information content (AvgIpc) is 2.08. The number of nitrogens with one attached hydrogen (secondary N) is 1. The van der Waals surface area contributed by atoms with E-state index >= 15 is 0 Å². The van der Waals surface area contributed by atoms with Crippen molar-refractivity contribution in [1.82, 2.24) is 5.32 Å². The number of phenolic OH excluding ortho intramolecular Hbond substituents is 1. The minimum atomic E-state index is -0.876. The topological polar surface area (TPSA) is 69.6 Å². The van der Waals surface area contributed by atoms with E-state index in [0.29, 0.717) is 6.54 Å². The Hall–Kier alpha value is -1.26. The number of carboxylic acid groups (broad SMARTS) is 1. The Morgan fingerprint density at radius 2 is 1.86 bits per heavy atom. The molecular formula is C9H12ClNO3. The summed E-state index contributed by atoms with van der Waals surface area (Å²) in [4.78, 5) is 10.1. The largest absolute Gasteiger partial charge is 0.508 e. The van der Waals surface area contributed by atoms with Gasteiger partial charge in [0.25, 0.3) is 0 Å². The summed E-state index contributed by atoms with van der Waals surface area (Å²) < 4.78 is 0. The van der Waals surface area contributed by atoms with Crippen molar-refractivity contribution in [3.8, 4) is 5.75 Å². The molecule has 0 unspecified atom stereocenters. The first-order chi connectivity index (χ1) is 6.18. The van der Waals surface area contributed by atoms with Crippen LogP contribution in [0.5, 0.6) is 5.75 Å². The second-order valence-electron chi connectivity index (χ2n) is 2.66. The minimum Gasteiger partial charge on any atom is -0.508 e. The molecule has 0 aliphatic rings. The number of carboxylic acids is 1. The van der Waals surface area contributed by atoms with E-state index in [1.807, 2.05) is 0 Å². The maximum atomic E-state index is 10.1. The van der Waals surface area contributed by atoms with E-state index in [4.69, 9.17) is 10.2 Å². The van der Waals surface area contributed by atoms with Gasteiger partial charge in [0, 0.05) is 6.54 Å². The summed E-state index contributed by atoms with van der Waals surface area (Å²) in [6.45, 7) is 0.438. The molecule has 0 atom stereocenters. The summed E-state index contributed by atoms with van der Waals surface area (Å²) >= 11 is 0.